The maximum Gasteiger partial charge on any atom is 0.227 e. The normalized spacial score (nSPS) is 15.4. The molecule has 4 rings (SSSR count). The van der Waals surface area contributed by atoms with Crippen LogP contribution in [0.2, 0.25) is 0 Å². The Labute approximate surface area is 174 Å². The van der Waals surface area contributed by atoms with Crippen molar-refractivity contribution in [3.05, 3.63) is 58.9 Å². The van der Waals surface area contributed by atoms with Gasteiger partial charge in [-0.05, 0) is 55.7 Å². The minimum atomic E-state index is -2.44. The number of pyridine rings is 2. The summed E-state index contributed by atoms with van der Waals surface area (Å²) in [6, 6.07) is 9.72. The van der Waals surface area contributed by atoms with Crippen molar-refractivity contribution >= 4 is 22.1 Å². The van der Waals surface area contributed by atoms with E-state index < -0.39 is 19.1 Å². The van der Waals surface area contributed by atoms with E-state index in [1.165, 1.54) is 6.20 Å². The standard InChI is InChI=1S/C25H29N2O/c1-7-19-9-11-21-20-10-8-16(4)23(24(20)28-25(21)26-19)22-13-18(12-15(2)3)17(5)14-27(22)6/h8-11,13-15H,7,12H2,1-6H3/q+1/i5D3,12D2. The predicted molar refractivity (Wildman–Crippen MR) is 116 cm³/mol. The Morgan fingerprint density at radius 3 is 2.68 bits per heavy atom. The van der Waals surface area contributed by atoms with Gasteiger partial charge in [0.15, 0.2) is 11.8 Å². The van der Waals surface area contributed by atoms with E-state index in [2.05, 4.69) is 4.98 Å². The average Bonchev–Trinajstić information content (AvgIpc) is 3.10. The van der Waals surface area contributed by atoms with E-state index in [9.17, 15) is 0 Å². The summed E-state index contributed by atoms with van der Waals surface area (Å²) in [5.41, 5.74) is 4.84. The summed E-state index contributed by atoms with van der Waals surface area (Å²) in [4.78, 5) is 4.64. The summed E-state index contributed by atoms with van der Waals surface area (Å²) >= 11 is 0. The van der Waals surface area contributed by atoms with Crippen LogP contribution in [0.4, 0.5) is 0 Å². The van der Waals surface area contributed by atoms with Crippen LogP contribution in [-0.2, 0) is 19.8 Å². The molecule has 3 aromatic heterocycles. The summed E-state index contributed by atoms with van der Waals surface area (Å²) in [5, 5.41) is 1.84. The number of hydrogen-bond donors (Lipinski definition) is 0. The van der Waals surface area contributed by atoms with E-state index in [-0.39, 0.29) is 11.1 Å². The molecule has 0 aliphatic carbocycles. The van der Waals surface area contributed by atoms with E-state index >= 15 is 0 Å². The van der Waals surface area contributed by atoms with Gasteiger partial charge in [-0.2, -0.15) is 0 Å². The first kappa shape index (κ1) is 13.5. The van der Waals surface area contributed by atoms with Gasteiger partial charge in [-0.1, -0.05) is 32.9 Å². The number of rotatable bonds is 4. The highest BCUT2D eigenvalue weighted by atomic mass is 16.3. The number of benzene rings is 1. The molecule has 0 bridgehead atoms. The van der Waals surface area contributed by atoms with E-state index in [1.54, 1.807) is 31.5 Å². The molecule has 0 spiro atoms. The second kappa shape index (κ2) is 7.05. The highest BCUT2D eigenvalue weighted by Crippen LogP contribution is 2.36. The van der Waals surface area contributed by atoms with Crippen LogP contribution in [0.25, 0.3) is 33.3 Å². The minimum Gasteiger partial charge on any atom is -0.437 e. The Bertz CT molecular complexity index is 1370. The molecule has 0 saturated heterocycles. The lowest BCUT2D eigenvalue weighted by molar-refractivity contribution is -0.660. The zero-order valence-corrected chi connectivity index (χ0v) is 17.1. The molecule has 0 aliphatic heterocycles. The van der Waals surface area contributed by atoms with Gasteiger partial charge >= 0.3 is 0 Å². The van der Waals surface area contributed by atoms with Gasteiger partial charge in [-0.3, -0.25) is 0 Å². The molecule has 3 nitrogen and oxygen atoms in total. The fourth-order valence-corrected chi connectivity index (χ4v) is 3.70. The molecule has 4 aromatic rings. The van der Waals surface area contributed by atoms with Gasteiger partial charge in [-0.25, -0.2) is 9.55 Å². The Hall–Kier alpha value is -2.68. The Kier molecular flexibility index (Phi) is 3.40. The first-order valence-corrected chi connectivity index (χ1v) is 9.73. The number of furan rings is 1. The molecule has 28 heavy (non-hydrogen) atoms. The average molecular weight is 379 g/mol. The molecule has 0 fully saturated rings. The second-order valence-electron chi connectivity index (χ2n) is 7.64. The van der Waals surface area contributed by atoms with Crippen molar-refractivity contribution in [2.45, 2.75) is 47.3 Å². The minimum absolute atomic E-state index is 0.0242. The van der Waals surface area contributed by atoms with Crippen LogP contribution in [-0.4, -0.2) is 4.98 Å². The third-order valence-electron chi connectivity index (χ3n) is 5.11. The molecule has 3 heterocycles. The summed E-state index contributed by atoms with van der Waals surface area (Å²) < 4.78 is 49.5. The zero-order chi connectivity index (χ0) is 24.3. The van der Waals surface area contributed by atoms with E-state index in [1.807, 2.05) is 38.1 Å². The maximum atomic E-state index is 8.70. The highest BCUT2D eigenvalue weighted by molar-refractivity contribution is 6.08. The summed E-state index contributed by atoms with van der Waals surface area (Å²) in [7, 11) is 1.79. The maximum absolute atomic E-state index is 8.70. The van der Waals surface area contributed by atoms with Crippen molar-refractivity contribution in [1.82, 2.24) is 4.98 Å². The lowest BCUT2D eigenvalue weighted by Gasteiger charge is -2.11. The Morgan fingerprint density at radius 2 is 1.96 bits per heavy atom. The fourth-order valence-electron chi connectivity index (χ4n) is 3.70. The first-order valence-electron chi connectivity index (χ1n) is 12.2. The molecule has 0 amide bonds. The highest BCUT2D eigenvalue weighted by Gasteiger charge is 2.22. The number of fused-ring (bicyclic) bond motifs is 3. The van der Waals surface area contributed by atoms with E-state index in [4.69, 9.17) is 11.3 Å². The van der Waals surface area contributed by atoms with Crippen LogP contribution in [0.3, 0.4) is 0 Å². The van der Waals surface area contributed by atoms with Crippen molar-refractivity contribution < 1.29 is 15.8 Å². The zero-order valence-electron chi connectivity index (χ0n) is 22.1. The largest absolute Gasteiger partial charge is 0.437 e. The molecular formula is C25H29N2O+. The van der Waals surface area contributed by atoms with Crippen molar-refractivity contribution in [3.8, 4) is 11.3 Å². The molecule has 0 saturated carbocycles. The van der Waals surface area contributed by atoms with Crippen LogP contribution >= 0.6 is 0 Å². The van der Waals surface area contributed by atoms with Gasteiger partial charge in [0.25, 0.3) is 0 Å². The summed E-state index contributed by atoms with van der Waals surface area (Å²) in [5.74, 6) is -0.404. The smallest absolute Gasteiger partial charge is 0.227 e. The van der Waals surface area contributed by atoms with Gasteiger partial charge in [0.1, 0.15) is 7.05 Å². The van der Waals surface area contributed by atoms with Crippen molar-refractivity contribution in [1.29, 1.82) is 0 Å². The molecule has 0 unspecified atom stereocenters. The molecule has 1 aromatic carbocycles. The van der Waals surface area contributed by atoms with Gasteiger partial charge in [0, 0.05) is 34.9 Å². The Balaban J connectivity index is 2.08. The molecule has 3 heteroatoms. The quantitative estimate of drug-likeness (QED) is 0.417. The molecule has 0 N–H and O–H groups in total. The second-order valence-corrected chi connectivity index (χ2v) is 7.64. The van der Waals surface area contributed by atoms with Gasteiger partial charge in [-0.15, -0.1) is 0 Å². The Morgan fingerprint density at radius 1 is 1.18 bits per heavy atom. The molecule has 0 aliphatic rings. The van der Waals surface area contributed by atoms with Crippen LogP contribution in [0.5, 0.6) is 0 Å². The lowest BCUT2D eigenvalue weighted by Crippen LogP contribution is -2.32. The number of hydrogen-bond acceptors (Lipinski definition) is 2. The van der Waals surface area contributed by atoms with Crippen molar-refractivity contribution in [3.63, 3.8) is 0 Å². The third-order valence-corrected chi connectivity index (χ3v) is 5.11. The number of aromatic nitrogens is 2. The molecular weight excluding hydrogens is 344 g/mol. The monoisotopic (exact) mass is 378 g/mol. The third kappa shape index (κ3) is 3.09. The van der Waals surface area contributed by atoms with Crippen LogP contribution < -0.4 is 4.57 Å². The summed E-state index contributed by atoms with van der Waals surface area (Å²) in [6.07, 6.45) is 0.518. The first-order chi connectivity index (χ1) is 15.4. The van der Waals surface area contributed by atoms with Crippen molar-refractivity contribution in [2.24, 2.45) is 13.0 Å². The van der Waals surface area contributed by atoms with Crippen LogP contribution in [0.15, 0.2) is 40.9 Å². The molecule has 0 atom stereocenters. The van der Waals surface area contributed by atoms with Gasteiger partial charge < -0.3 is 4.42 Å². The van der Waals surface area contributed by atoms with Crippen molar-refractivity contribution in [2.75, 3.05) is 0 Å². The number of nitrogens with zero attached hydrogens (tertiary/aromatic N) is 2. The van der Waals surface area contributed by atoms with Crippen LogP contribution in [0, 0.1) is 19.7 Å². The SMILES string of the molecule is [2H]C([2H])([2H])c1c[n+](C)c(-c2c(C)ccc3c2oc2nc(CC)ccc23)cc1C([2H])([2H])C(C)C. The molecule has 144 valence electrons. The lowest BCUT2D eigenvalue weighted by atomic mass is 9.95. The van der Waals surface area contributed by atoms with Gasteiger partial charge in [0.05, 0.1) is 5.56 Å². The van der Waals surface area contributed by atoms with Crippen LogP contribution in [0.1, 0.15) is 50.0 Å². The number of aryl methyl sites for hydroxylation is 4. The fraction of sp³-hybridized carbons (Fsp3) is 0.360. The predicted octanol–water partition coefficient (Wildman–Crippen LogP) is 5.85. The summed E-state index contributed by atoms with van der Waals surface area (Å²) in [6.45, 7) is 5.11. The molecule has 0 radical (unpaired) electrons. The van der Waals surface area contributed by atoms with E-state index in [0.717, 1.165) is 34.0 Å². The van der Waals surface area contributed by atoms with Gasteiger partial charge in [0.2, 0.25) is 11.4 Å². The van der Waals surface area contributed by atoms with E-state index in [0.29, 0.717) is 17.0 Å². The topological polar surface area (TPSA) is 29.9 Å².